The monoisotopic (exact) mass is 299 g/mol. The molecule has 0 bridgehead atoms. The van der Waals surface area contributed by atoms with E-state index in [9.17, 15) is 21.6 Å². The van der Waals surface area contributed by atoms with Crippen LogP contribution in [-0.4, -0.2) is 62.1 Å². The van der Waals surface area contributed by atoms with Crippen LogP contribution in [0.3, 0.4) is 0 Å². The Morgan fingerprint density at radius 3 is 2.44 bits per heavy atom. The summed E-state index contributed by atoms with van der Waals surface area (Å²) >= 11 is 0. The van der Waals surface area contributed by atoms with E-state index in [-0.39, 0.29) is 37.4 Å². The van der Waals surface area contributed by atoms with Gasteiger partial charge in [-0.25, -0.2) is 21.1 Å². The summed E-state index contributed by atoms with van der Waals surface area (Å²) in [4.78, 5) is 10.5. The first-order valence-electron chi connectivity index (χ1n) is 5.60. The molecule has 0 aromatic carbocycles. The van der Waals surface area contributed by atoms with Gasteiger partial charge in [0.25, 0.3) is 0 Å². The van der Waals surface area contributed by atoms with Crippen LogP contribution in [0.1, 0.15) is 19.8 Å². The number of hydrogen-bond acceptors (Lipinski definition) is 5. The Bertz CT molecular complexity index is 509. The summed E-state index contributed by atoms with van der Waals surface area (Å²) in [5.74, 6) is -1.56. The number of sulfonamides is 1. The molecule has 1 atom stereocenters. The third kappa shape index (κ3) is 3.66. The fraction of sp³-hybridized carbons (Fsp3) is 0.889. The number of aliphatic carboxylic acids is 1. The largest absolute Gasteiger partial charge is 0.481 e. The quantitative estimate of drug-likeness (QED) is 0.694. The van der Waals surface area contributed by atoms with Gasteiger partial charge in [0.1, 0.15) is 0 Å². The van der Waals surface area contributed by atoms with E-state index in [1.54, 1.807) is 6.92 Å². The Labute approximate surface area is 107 Å². The van der Waals surface area contributed by atoms with Crippen molar-refractivity contribution in [1.82, 2.24) is 4.31 Å². The normalized spacial score (nSPS) is 23.3. The topological polar surface area (TPSA) is 109 Å². The highest BCUT2D eigenvalue weighted by atomic mass is 32.2. The maximum Gasteiger partial charge on any atom is 0.304 e. The van der Waals surface area contributed by atoms with Gasteiger partial charge in [-0.05, 0) is 6.42 Å². The molecule has 1 fully saturated rings. The highest BCUT2D eigenvalue weighted by molar-refractivity contribution is 7.95. The number of sulfone groups is 1. The second-order valence-corrected chi connectivity index (χ2v) is 8.65. The molecule has 0 spiro atoms. The summed E-state index contributed by atoms with van der Waals surface area (Å²) in [6.45, 7) is 1.62. The maximum absolute atomic E-state index is 12.1. The van der Waals surface area contributed by atoms with Gasteiger partial charge in [0.2, 0.25) is 10.0 Å². The van der Waals surface area contributed by atoms with Crippen LogP contribution in [0, 0.1) is 0 Å². The number of rotatable bonds is 6. The van der Waals surface area contributed by atoms with E-state index in [0.717, 1.165) is 4.31 Å². The van der Waals surface area contributed by atoms with Crippen molar-refractivity contribution in [1.29, 1.82) is 0 Å². The van der Waals surface area contributed by atoms with E-state index in [0.29, 0.717) is 0 Å². The standard InChI is InChI=1S/C9H17NO6S2/c1-2-10(5-3-9(11)12)18(15,16)8-4-6-17(13,14)7-8/h8H,2-7H2,1H3,(H,11,12). The number of hydrogen-bond donors (Lipinski definition) is 1. The number of carbonyl (C=O) groups is 1. The molecule has 1 saturated heterocycles. The van der Waals surface area contributed by atoms with Crippen LogP contribution in [0.4, 0.5) is 0 Å². The summed E-state index contributed by atoms with van der Waals surface area (Å²) in [6, 6.07) is 0. The van der Waals surface area contributed by atoms with E-state index in [4.69, 9.17) is 5.11 Å². The Morgan fingerprint density at radius 1 is 1.44 bits per heavy atom. The molecule has 9 heteroatoms. The van der Waals surface area contributed by atoms with Crippen LogP contribution >= 0.6 is 0 Å². The SMILES string of the molecule is CCN(CCC(=O)O)S(=O)(=O)C1CCS(=O)(=O)C1. The lowest BCUT2D eigenvalue weighted by atomic mass is 10.4. The van der Waals surface area contributed by atoms with Gasteiger partial charge in [0, 0.05) is 13.1 Å². The van der Waals surface area contributed by atoms with Gasteiger partial charge in [-0.3, -0.25) is 4.79 Å². The highest BCUT2D eigenvalue weighted by Gasteiger charge is 2.39. The first-order chi connectivity index (χ1) is 8.19. The van der Waals surface area contributed by atoms with E-state index in [2.05, 4.69) is 0 Å². The molecule has 106 valence electrons. The third-order valence-corrected chi connectivity index (χ3v) is 7.28. The zero-order valence-corrected chi connectivity index (χ0v) is 11.7. The van der Waals surface area contributed by atoms with Gasteiger partial charge >= 0.3 is 5.97 Å². The van der Waals surface area contributed by atoms with Crippen molar-refractivity contribution in [2.24, 2.45) is 0 Å². The molecule has 7 nitrogen and oxygen atoms in total. The molecule has 0 saturated carbocycles. The lowest BCUT2D eigenvalue weighted by Gasteiger charge is -2.22. The minimum absolute atomic E-state index is 0.0915. The van der Waals surface area contributed by atoms with Crippen molar-refractivity contribution in [3.63, 3.8) is 0 Å². The van der Waals surface area contributed by atoms with Gasteiger partial charge < -0.3 is 5.11 Å². The molecule has 1 rings (SSSR count). The Kier molecular flexibility index (Phi) is 4.73. The fourth-order valence-corrected chi connectivity index (χ4v) is 6.44. The minimum Gasteiger partial charge on any atom is -0.481 e. The summed E-state index contributed by atoms with van der Waals surface area (Å²) in [5.41, 5.74) is 0. The van der Waals surface area contributed by atoms with Gasteiger partial charge in [0.15, 0.2) is 9.84 Å². The van der Waals surface area contributed by atoms with Gasteiger partial charge in [-0.2, -0.15) is 0 Å². The van der Waals surface area contributed by atoms with Crippen molar-refractivity contribution in [2.75, 3.05) is 24.6 Å². The van der Waals surface area contributed by atoms with Gasteiger partial charge in [0.05, 0.1) is 23.2 Å². The van der Waals surface area contributed by atoms with Crippen LogP contribution in [-0.2, 0) is 24.7 Å². The van der Waals surface area contributed by atoms with Crippen molar-refractivity contribution in [2.45, 2.75) is 25.0 Å². The third-order valence-electron chi connectivity index (χ3n) is 2.90. The van der Waals surface area contributed by atoms with E-state index >= 15 is 0 Å². The van der Waals surface area contributed by atoms with Gasteiger partial charge in [-0.15, -0.1) is 0 Å². The summed E-state index contributed by atoms with van der Waals surface area (Å²) in [6.07, 6.45) is -0.194. The van der Waals surface area contributed by atoms with E-state index < -0.39 is 31.1 Å². The lowest BCUT2D eigenvalue weighted by molar-refractivity contribution is -0.137. The summed E-state index contributed by atoms with van der Waals surface area (Å²) in [7, 11) is -7.00. The van der Waals surface area contributed by atoms with Gasteiger partial charge in [-0.1, -0.05) is 6.92 Å². The summed E-state index contributed by atoms with van der Waals surface area (Å²) < 4.78 is 47.9. The molecule has 0 radical (unpaired) electrons. The predicted octanol–water partition coefficient (Wildman–Crippen LogP) is -0.700. The molecule has 0 aromatic heterocycles. The molecular formula is C9H17NO6S2. The predicted molar refractivity (Wildman–Crippen MR) is 65.5 cm³/mol. The molecule has 1 heterocycles. The molecule has 1 N–H and O–H groups in total. The Hall–Kier alpha value is -0.670. The molecule has 0 aromatic rings. The smallest absolute Gasteiger partial charge is 0.304 e. The zero-order chi connectivity index (χ0) is 14.0. The lowest BCUT2D eigenvalue weighted by Crippen LogP contribution is -2.40. The second kappa shape index (κ2) is 5.54. The van der Waals surface area contributed by atoms with Crippen molar-refractivity contribution in [3.05, 3.63) is 0 Å². The minimum atomic E-state index is -3.73. The molecule has 1 aliphatic heterocycles. The fourth-order valence-electron chi connectivity index (χ4n) is 1.89. The Morgan fingerprint density at radius 2 is 2.06 bits per heavy atom. The average molecular weight is 299 g/mol. The van der Waals surface area contributed by atoms with Crippen LogP contribution in [0.15, 0.2) is 0 Å². The highest BCUT2D eigenvalue weighted by Crippen LogP contribution is 2.22. The number of nitrogens with zero attached hydrogens (tertiary/aromatic N) is 1. The van der Waals surface area contributed by atoms with Crippen LogP contribution in [0.5, 0.6) is 0 Å². The molecule has 18 heavy (non-hydrogen) atoms. The number of carboxylic acid groups (broad SMARTS) is 1. The zero-order valence-electron chi connectivity index (χ0n) is 10.1. The van der Waals surface area contributed by atoms with Crippen molar-refractivity contribution >= 4 is 25.8 Å². The molecule has 1 unspecified atom stereocenters. The number of carboxylic acids is 1. The van der Waals surface area contributed by atoms with Crippen LogP contribution in [0.2, 0.25) is 0 Å². The molecular weight excluding hydrogens is 282 g/mol. The first-order valence-corrected chi connectivity index (χ1v) is 8.92. The van der Waals surface area contributed by atoms with E-state index in [1.165, 1.54) is 0 Å². The Balaban J connectivity index is 2.81. The summed E-state index contributed by atoms with van der Waals surface area (Å²) in [5, 5.41) is 7.62. The maximum atomic E-state index is 12.1. The second-order valence-electron chi connectivity index (χ2n) is 4.21. The average Bonchev–Trinajstić information content (AvgIpc) is 2.59. The first kappa shape index (κ1) is 15.4. The molecule has 0 aliphatic carbocycles. The molecule has 0 amide bonds. The van der Waals surface area contributed by atoms with Crippen molar-refractivity contribution in [3.8, 4) is 0 Å². The van der Waals surface area contributed by atoms with Crippen LogP contribution in [0.25, 0.3) is 0 Å². The molecule has 1 aliphatic rings. The van der Waals surface area contributed by atoms with Crippen molar-refractivity contribution < 1.29 is 26.7 Å². The van der Waals surface area contributed by atoms with Crippen LogP contribution < -0.4 is 0 Å². The van der Waals surface area contributed by atoms with E-state index in [1.807, 2.05) is 0 Å².